The molecule has 2 aromatic rings. The predicted molar refractivity (Wildman–Crippen MR) is 91.1 cm³/mol. The van der Waals surface area contributed by atoms with Crippen LogP contribution in [0.5, 0.6) is 5.75 Å². The molecule has 0 amide bonds. The molecule has 0 heterocycles. The molecule has 1 nitrogen and oxygen atoms in total. The zero-order valence-corrected chi connectivity index (χ0v) is 14.7. The average Bonchev–Trinajstić information content (AvgIpc) is 2.47. The lowest BCUT2D eigenvalue weighted by Gasteiger charge is -2.17. The Labute approximate surface area is 145 Å². The Morgan fingerprint density at radius 3 is 2.04 bits per heavy atom. The average molecular weight is 354 g/mol. The predicted octanol–water partition coefficient (Wildman–Crippen LogP) is 6.54. The Balaban J connectivity index is 2.66. The molecule has 0 saturated heterocycles. The molecule has 2 rings (SSSR count). The zero-order chi connectivity index (χ0) is 18.9. The minimum atomic E-state index is -4.62. The SMILES string of the molecule is CC(C)Cc1cc(-c2cc(F)cc(C(F)(F)F)c2)cc(C(C)C)c1O. The first-order valence-electron chi connectivity index (χ1n) is 8.23. The van der Waals surface area contributed by atoms with Crippen LogP contribution in [0.15, 0.2) is 30.3 Å². The quantitative estimate of drug-likeness (QED) is 0.618. The third kappa shape index (κ3) is 4.53. The fourth-order valence-corrected chi connectivity index (χ4v) is 2.84. The van der Waals surface area contributed by atoms with E-state index in [0.717, 1.165) is 12.1 Å². The van der Waals surface area contributed by atoms with Crippen molar-refractivity contribution in [2.45, 2.75) is 46.2 Å². The largest absolute Gasteiger partial charge is 0.507 e. The Bertz CT molecular complexity index is 761. The van der Waals surface area contributed by atoms with Crippen molar-refractivity contribution in [3.05, 3.63) is 52.8 Å². The maximum absolute atomic E-state index is 13.7. The number of phenols is 1. The van der Waals surface area contributed by atoms with Crippen molar-refractivity contribution < 1.29 is 22.7 Å². The fraction of sp³-hybridized carbons (Fsp3) is 0.400. The summed E-state index contributed by atoms with van der Waals surface area (Å²) in [5.74, 6) is -0.518. The summed E-state index contributed by atoms with van der Waals surface area (Å²) in [6.45, 7) is 7.77. The van der Waals surface area contributed by atoms with Gasteiger partial charge in [0.1, 0.15) is 11.6 Å². The number of phenolic OH excluding ortho intramolecular Hbond substituents is 1. The number of rotatable bonds is 4. The highest BCUT2D eigenvalue weighted by molar-refractivity contribution is 5.68. The summed E-state index contributed by atoms with van der Waals surface area (Å²) in [4.78, 5) is 0. The molecule has 0 aromatic heterocycles. The van der Waals surface area contributed by atoms with Gasteiger partial charge in [-0.2, -0.15) is 13.2 Å². The summed E-state index contributed by atoms with van der Waals surface area (Å²) >= 11 is 0. The highest BCUT2D eigenvalue weighted by Gasteiger charge is 2.31. The molecule has 0 bridgehead atoms. The Morgan fingerprint density at radius 2 is 1.52 bits per heavy atom. The summed E-state index contributed by atoms with van der Waals surface area (Å²) in [6, 6.07) is 5.81. The van der Waals surface area contributed by atoms with Gasteiger partial charge >= 0.3 is 6.18 Å². The van der Waals surface area contributed by atoms with Crippen molar-refractivity contribution in [1.82, 2.24) is 0 Å². The molecular formula is C20H22F4O. The molecule has 0 aliphatic rings. The van der Waals surface area contributed by atoms with Gasteiger partial charge in [-0.05, 0) is 70.8 Å². The van der Waals surface area contributed by atoms with E-state index in [9.17, 15) is 22.7 Å². The standard InChI is InChI=1S/C20H22F4O/c1-11(2)5-15-6-13(9-18(12(3)4)19(15)25)14-7-16(20(22,23)24)10-17(21)8-14/h6-12,25H,5H2,1-4H3. The molecule has 136 valence electrons. The summed E-state index contributed by atoms with van der Waals surface area (Å²) in [5, 5.41) is 10.5. The van der Waals surface area contributed by atoms with Gasteiger partial charge in [0.15, 0.2) is 0 Å². The summed E-state index contributed by atoms with van der Waals surface area (Å²) < 4.78 is 52.7. The summed E-state index contributed by atoms with van der Waals surface area (Å²) in [6.07, 6.45) is -4.03. The van der Waals surface area contributed by atoms with Crippen molar-refractivity contribution in [2.24, 2.45) is 5.92 Å². The molecule has 0 saturated carbocycles. The monoisotopic (exact) mass is 354 g/mol. The molecule has 5 heteroatoms. The van der Waals surface area contributed by atoms with Gasteiger partial charge in [-0.25, -0.2) is 4.39 Å². The smallest absolute Gasteiger partial charge is 0.416 e. The van der Waals surface area contributed by atoms with E-state index in [1.54, 1.807) is 12.1 Å². The molecule has 0 atom stereocenters. The molecule has 0 unspecified atom stereocenters. The lowest BCUT2D eigenvalue weighted by atomic mass is 9.90. The lowest BCUT2D eigenvalue weighted by molar-refractivity contribution is -0.137. The van der Waals surface area contributed by atoms with Crippen LogP contribution in [-0.4, -0.2) is 5.11 Å². The Morgan fingerprint density at radius 1 is 0.920 bits per heavy atom. The number of halogens is 4. The van der Waals surface area contributed by atoms with Crippen molar-refractivity contribution in [2.75, 3.05) is 0 Å². The van der Waals surface area contributed by atoms with Crippen LogP contribution in [0.3, 0.4) is 0 Å². The highest BCUT2D eigenvalue weighted by Crippen LogP contribution is 2.38. The summed E-state index contributed by atoms with van der Waals surface area (Å²) in [7, 11) is 0. The number of benzene rings is 2. The fourth-order valence-electron chi connectivity index (χ4n) is 2.84. The van der Waals surface area contributed by atoms with E-state index in [-0.39, 0.29) is 23.1 Å². The molecule has 25 heavy (non-hydrogen) atoms. The first-order chi connectivity index (χ1) is 11.5. The van der Waals surface area contributed by atoms with E-state index < -0.39 is 17.6 Å². The molecular weight excluding hydrogens is 332 g/mol. The van der Waals surface area contributed by atoms with E-state index >= 15 is 0 Å². The third-order valence-electron chi connectivity index (χ3n) is 4.03. The normalized spacial score (nSPS) is 12.2. The number of aromatic hydroxyl groups is 1. The third-order valence-corrected chi connectivity index (χ3v) is 4.03. The maximum atomic E-state index is 13.7. The topological polar surface area (TPSA) is 20.2 Å². The molecule has 0 fully saturated rings. The van der Waals surface area contributed by atoms with Gasteiger partial charge in [-0.15, -0.1) is 0 Å². The number of hydrogen-bond acceptors (Lipinski definition) is 1. The van der Waals surface area contributed by atoms with Gasteiger partial charge in [0, 0.05) is 0 Å². The number of alkyl halides is 3. The van der Waals surface area contributed by atoms with E-state index in [0.29, 0.717) is 29.2 Å². The van der Waals surface area contributed by atoms with Gasteiger partial charge < -0.3 is 5.11 Å². The van der Waals surface area contributed by atoms with Crippen LogP contribution in [0.25, 0.3) is 11.1 Å². The van der Waals surface area contributed by atoms with Crippen LogP contribution in [0, 0.1) is 11.7 Å². The minimum Gasteiger partial charge on any atom is -0.507 e. The van der Waals surface area contributed by atoms with Gasteiger partial charge in [0.2, 0.25) is 0 Å². The van der Waals surface area contributed by atoms with Crippen molar-refractivity contribution in [1.29, 1.82) is 0 Å². The lowest BCUT2D eigenvalue weighted by Crippen LogP contribution is -2.06. The van der Waals surface area contributed by atoms with E-state index in [1.807, 2.05) is 27.7 Å². The van der Waals surface area contributed by atoms with Crippen molar-refractivity contribution in [3.8, 4) is 16.9 Å². The first-order valence-corrected chi connectivity index (χ1v) is 8.23. The Hall–Kier alpha value is -2.04. The second-order valence-corrected chi connectivity index (χ2v) is 7.05. The minimum absolute atomic E-state index is 0.0125. The van der Waals surface area contributed by atoms with Gasteiger partial charge in [0.05, 0.1) is 5.56 Å². The summed E-state index contributed by atoms with van der Waals surface area (Å²) in [5.41, 5.74) is 0.911. The van der Waals surface area contributed by atoms with Crippen LogP contribution in [0.2, 0.25) is 0 Å². The van der Waals surface area contributed by atoms with Crippen LogP contribution in [0.1, 0.15) is 50.3 Å². The van der Waals surface area contributed by atoms with Gasteiger partial charge in [-0.1, -0.05) is 27.7 Å². The van der Waals surface area contributed by atoms with Gasteiger partial charge in [0.25, 0.3) is 0 Å². The van der Waals surface area contributed by atoms with E-state index in [2.05, 4.69) is 0 Å². The van der Waals surface area contributed by atoms with Crippen LogP contribution >= 0.6 is 0 Å². The second kappa shape index (κ2) is 7.06. The first kappa shape index (κ1) is 19.3. The molecule has 2 aromatic carbocycles. The molecule has 0 spiro atoms. The van der Waals surface area contributed by atoms with Crippen LogP contribution < -0.4 is 0 Å². The molecule has 0 radical (unpaired) electrons. The van der Waals surface area contributed by atoms with Crippen molar-refractivity contribution >= 4 is 0 Å². The molecule has 0 aliphatic heterocycles. The highest BCUT2D eigenvalue weighted by atomic mass is 19.4. The molecule has 0 aliphatic carbocycles. The zero-order valence-electron chi connectivity index (χ0n) is 14.7. The van der Waals surface area contributed by atoms with E-state index in [4.69, 9.17) is 0 Å². The van der Waals surface area contributed by atoms with Crippen LogP contribution in [0.4, 0.5) is 17.6 Å². The van der Waals surface area contributed by atoms with Crippen molar-refractivity contribution in [3.63, 3.8) is 0 Å². The Kier molecular flexibility index (Phi) is 5.45. The van der Waals surface area contributed by atoms with Gasteiger partial charge in [-0.3, -0.25) is 0 Å². The van der Waals surface area contributed by atoms with Crippen LogP contribution in [-0.2, 0) is 12.6 Å². The second-order valence-electron chi connectivity index (χ2n) is 7.05. The molecule has 1 N–H and O–H groups in total. The maximum Gasteiger partial charge on any atom is 0.416 e. The van der Waals surface area contributed by atoms with E-state index in [1.165, 1.54) is 0 Å². The number of hydrogen-bond donors (Lipinski definition) is 1.